The topological polar surface area (TPSA) is 69.6 Å². The van der Waals surface area contributed by atoms with E-state index in [0.717, 1.165) is 10.0 Å². The van der Waals surface area contributed by atoms with Crippen molar-refractivity contribution in [1.29, 1.82) is 0 Å². The van der Waals surface area contributed by atoms with E-state index in [1.165, 1.54) is 4.90 Å². The van der Waals surface area contributed by atoms with Crippen LogP contribution in [0.1, 0.15) is 25.8 Å². The highest BCUT2D eigenvalue weighted by Gasteiger charge is 2.21. The molecule has 1 aromatic carbocycles. The summed E-state index contributed by atoms with van der Waals surface area (Å²) in [5.74, 6) is -1.01. The second-order valence-electron chi connectivity index (χ2n) is 4.53. The summed E-state index contributed by atoms with van der Waals surface area (Å²) in [7, 11) is 0. The number of halogens is 1. The number of carboxylic acid groups (broad SMARTS) is 1. The molecule has 0 saturated carbocycles. The highest BCUT2D eigenvalue weighted by atomic mass is 79.9. The fraction of sp³-hybridized carbons (Fsp3) is 0.429. The molecule has 0 aromatic heterocycles. The molecule has 0 aliphatic carbocycles. The average molecular weight is 343 g/mol. The first kappa shape index (κ1) is 16.5. The summed E-state index contributed by atoms with van der Waals surface area (Å²) in [5, 5.41) is 11.6. The molecule has 2 amide bonds. The van der Waals surface area contributed by atoms with Crippen molar-refractivity contribution in [1.82, 2.24) is 10.2 Å². The highest BCUT2D eigenvalue weighted by Crippen LogP contribution is 2.15. The molecule has 1 aromatic rings. The van der Waals surface area contributed by atoms with Gasteiger partial charge in [-0.2, -0.15) is 0 Å². The largest absolute Gasteiger partial charge is 0.480 e. The minimum Gasteiger partial charge on any atom is -0.480 e. The lowest BCUT2D eigenvalue weighted by Crippen LogP contribution is -2.47. The Balaban J connectivity index is 2.67. The summed E-state index contributed by atoms with van der Waals surface area (Å²) in [4.78, 5) is 24.3. The van der Waals surface area contributed by atoms with Crippen molar-refractivity contribution < 1.29 is 14.7 Å². The minimum absolute atomic E-state index is 0.120. The Morgan fingerprint density at radius 1 is 1.40 bits per heavy atom. The summed E-state index contributed by atoms with van der Waals surface area (Å²) in [6, 6.07) is 7.09. The van der Waals surface area contributed by atoms with Crippen LogP contribution in [0.2, 0.25) is 0 Å². The van der Waals surface area contributed by atoms with Gasteiger partial charge in [-0.3, -0.25) is 4.79 Å². The molecule has 20 heavy (non-hydrogen) atoms. The van der Waals surface area contributed by atoms with E-state index in [2.05, 4.69) is 21.2 Å². The molecule has 110 valence electrons. The van der Waals surface area contributed by atoms with Crippen LogP contribution in [-0.4, -0.2) is 34.6 Å². The second-order valence-corrected chi connectivity index (χ2v) is 5.38. The van der Waals surface area contributed by atoms with E-state index in [9.17, 15) is 9.59 Å². The number of nitrogens with zero attached hydrogens (tertiary/aromatic N) is 1. The lowest BCUT2D eigenvalue weighted by atomic mass is 10.2. The van der Waals surface area contributed by atoms with Gasteiger partial charge in [0.1, 0.15) is 6.54 Å². The molecule has 0 aliphatic heterocycles. The Hall–Kier alpha value is -1.56. The number of amides is 2. The van der Waals surface area contributed by atoms with Gasteiger partial charge in [0.05, 0.1) is 0 Å². The highest BCUT2D eigenvalue weighted by molar-refractivity contribution is 9.10. The summed E-state index contributed by atoms with van der Waals surface area (Å²) < 4.78 is 0.911. The normalized spacial score (nSPS) is 11.8. The van der Waals surface area contributed by atoms with Crippen molar-refractivity contribution in [3.8, 4) is 0 Å². The smallest absolute Gasteiger partial charge is 0.323 e. The zero-order valence-electron chi connectivity index (χ0n) is 11.6. The predicted molar refractivity (Wildman–Crippen MR) is 80.5 cm³/mol. The molecule has 0 fully saturated rings. The number of rotatable bonds is 6. The number of carboxylic acids is 1. The first-order valence-corrected chi connectivity index (χ1v) is 7.24. The fourth-order valence-corrected chi connectivity index (χ4v) is 2.13. The number of carbonyl (C=O) groups is 2. The molecular weight excluding hydrogens is 324 g/mol. The maximum absolute atomic E-state index is 12.1. The van der Waals surface area contributed by atoms with Gasteiger partial charge in [-0.1, -0.05) is 41.1 Å². The van der Waals surface area contributed by atoms with Crippen molar-refractivity contribution in [2.24, 2.45) is 0 Å². The molecule has 1 unspecified atom stereocenters. The van der Waals surface area contributed by atoms with Crippen LogP contribution in [0.4, 0.5) is 4.79 Å². The molecule has 0 aliphatic rings. The Labute approximate surface area is 127 Å². The van der Waals surface area contributed by atoms with Gasteiger partial charge in [-0.05, 0) is 25.0 Å². The van der Waals surface area contributed by atoms with E-state index < -0.39 is 5.97 Å². The van der Waals surface area contributed by atoms with Gasteiger partial charge in [0.25, 0.3) is 0 Å². The average Bonchev–Trinajstić information content (AvgIpc) is 2.42. The zero-order chi connectivity index (χ0) is 15.1. The van der Waals surface area contributed by atoms with Gasteiger partial charge in [-0.15, -0.1) is 0 Å². The Morgan fingerprint density at radius 2 is 2.05 bits per heavy atom. The molecule has 0 heterocycles. The molecule has 0 spiro atoms. The SMILES string of the molecule is CCC(C)N(CC(=O)O)C(=O)NCc1ccccc1Br. The van der Waals surface area contributed by atoms with Crippen LogP contribution in [0.5, 0.6) is 0 Å². The van der Waals surface area contributed by atoms with Crippen LogP contribution in [0.25, 0.3) is 0 Å². The maximum Gasteiger partial charge on any atom is 0.323 e. The van der Waals surface area contributed by atoms with Gasteiger partial charge < -0.3 is 15.3 Å². The van der Waals surface area contributed by atoms with Crippen LogP contribution in [-0.2, 0) is 11.3 Å². The fourth-order valence-electron chi connectivity index (χ4n) is 1.71. The molecule has 0 saturated heterocycles. The second kappa shape index (κ2) is 7.89. The van der Waals surface area contributed by atoms with Gasteiger partial charge in [0.2, 0.25) is 0 Å². The number of hydrogen-bond acceptors (Lipinski definition) is 2. The van der Waals surface area contributed by atoms with E-state index in [1.54, 1.807) is 0 Å². The third-order valence-electron chi connectivity index (χ3n) is 3.08. The van der Waals surface area contributed by atoms with E-state index in [-0.39, 0.29) is 18.6 Å². The van der Waals surface area contributed by atoms with Gasteiger partial charge in [0.15, 0.2) is 0 Å². The number of nitrogens with one attached hydrogen (secondary N) is 1. The number of carbonyl (C=O) groups excluding carboxylic acids is 1. The molecule has 0 radical (unpaired) electrons. The van der Waals surface area contributed by atoms with Gasteiger partial charge in [0, 0.05) is 17.1 Å². The van der Waals surface area contributed by atoms with E-state index in [4.69, 9.17) is 5.11 Å². The predicted octanol–water partition coefficient (Wildman–Crippen LogP) is 2.84. The van der Waals surface area contributed by atoms with Crippen molar-refractivity contribution >= 4 is 27.9 Å². The summed E-state index contributed by atoms with van der Waals surface area (Å²) >= 11 is 3.41. The molecule has 0 bridgehead atoms. The number of benzene rings is 1. The lowest BCUT2D eigenvalue weighted by Gasteiger charge is -2.27. The van der Waals surface area contributed by atoms with Gasteiger partial charge in [-0.25, -0.2) is 4.79 Å². The Morgan fingerprint density at radius 3 is 2.60 bits per heavy atom. The van der Waals surface area contributed by atoms with E-state index in [1.807, 2.05) is 38.1 Å². The van der Waals surface area contributed by atoms with Crippen LogP contribution < -0.4 is 5.32 Å². The molecule has 6 heteroatoms. The Bertz CT molecular complexity index is 479. The first-order chi connectivity index (χ1) is 9.45. The third kappa shape index (κ3) is 4.85. The molecule has 1 rings (SSSR count). The standard InChI is InChI=1S/C14H19BrN2O3/c1-3-10(2)17(9-13(18)19)14(20)16-8-11-6-4-5-7-12(11)15/h4-7,10H,3,8-9H2,1-2H3,(H,16,20)(H,18,19). The number of aliphatic carboxylic acids is 1. The van der Waals surface area contributed by atoms with Crippen molar-refractivity contribution in [2.75, 3.05) is 6.54 Å². The van der Waals surface area contributed by atoms with Crippen molar-refractivity contribution in [3.05, 3.63) is 34.3 Å². The molecule has 2 N–H and O–H groups in total. The third-order valence-corrected chi connectivity index (χ3v) is 3.85. The lowest BCUT2D eigenvalue weighted by molar-refractivity contribution is -0.138. The molecular formula is C14H19BrN2O3. The van der Waals surface area contributed by atoms with Crippen LogP contribution >= 0.6 is 15.9 Å². The van der Waals surface area contributed by atoms with E-state index in [0.29, 0.717) is 13.0 Å². The van der Waals surface area contributed by atoms with Crippen molar-refractivity contribution in [3.63, 3.8) is 0 Å². The minimum atomic E-state index is -1.01. The quantitative estimate of drug-likeness (QED) is 0.835. The number of hydrogen-bond donors (Lipinski definition) is 2. The van der Waals surface area contributed by atoms with Crippen LogP contribution in [0.15, 0.2) is 28.7 Å². The van der Waals surface area contributed by atoms with E-state index >= 15 is 0 Å². The van der Waals surface area contributed by atoms with Crippen LogP contribution in [0, 0.1) is 0 Å². The Kier molecular flexibility index (Phi) is 6.51. The first-order valence-electron chi connectivity index (χ1n) is 6.45. The molecule has 5 nitrogen and oxygen atoms in total. The summed E-state index contributed by atoms with van der Waals surface area (Å²) in [6.07, 6.45) is 0.704. The molecule has 1 atom stereocenters. The van der Waals surface area contributed by atoms with Gasteiger partial charge >= 0.3 is 12.0 Å². The van der Waals surface area contributed by atoms with Crippen molar-refractivity contribution in [2.45, 2.75) is 32.9 Å². The maximum atomic E-state index is 12.1. The zero-order valence-corrected chi connectivity index (χ0v) is 13.2. The number of urea groups is 1. The monoisotopic (exact) mass is 342 g/mol. The van der Waals surface area contributed by atoms with Crippen LogP contribution in [0.3, 0.4) is 0 Å². The summed E-state index contributed by atoms with van der Waals surface area (Å²) in [6.45, 7) is 3.81. The summed E-state index contributed by atoms with van der Waals surface area (Å²) in [5.41, 5.74) is 0.945.